The summed E-state index contributed by atoms with van der Waals surface area (Å²) in [6.45, 7) is 8.29. The van der Waals surface area contributed by atoms with E-state index in [0.717, 1.165) is 22.5 Å². The molecule has 0 saturated heterocycles. The number of fused-ring (bicyclic) bond motifs is 1. The number of carbonyl (C=O) groups is 2. The molecule has 0 unspecified atom stereocenters. The maximum absolute atomic E-state index is 13.8. The molecule has 0 aliphatic heterocycles. The summed E-state index contributed by atoms with van der Waals surface area (Å²) in [7, 11) is 0. The molecule has 0 radical (unpaired) electrons. The molecule has 3 N–H and O–H groups in total. The molecule has 4 heterocycles. The van der Waals surface area contributed by atoms with Crippen LogP contribution in [0.25, 0.3) is 21.3 Å². The minimum atomic E-state index is -2.86. The number of halogens is 2. The highest BCUT2D eigenvalue weighted by molar-refractivity contribution is 7.21. The number of amides is 2. The molecule has 2 amide bonds. The van der Waals surface area contributed by atoms with Gasteiger partial charge >= 0.3 is 0 Å². The van der Waals surface area contributed by atoms with Gasteiger partial charge in [-0.1, -0.05) is 6.07 Å². The molecular formula is C29H27F2N5O4S. The molecule has 9 nitrogen and oxygen atoms in total. The van der Waals surface area contributed by atoms with E-state index >= 15 is 0 Å². The topological polar surface area (TPSA) is 125 Å². The van der Waals surface area contributed by atoms with Crippen molar-refractivity contribution in [3.05, 3.63) is 81.5 Å². The number of primary amides is 1. The number of anilines is 1. The predicted octanol–water partition coefficient (Wildman–Crippen LogP) is 6.57. The highest BCUT2D eigenvalue weighted by atomic mass is 32.1. The van der Waals surface area contributed by atoms with Crippen molar-refractivity contribution >= 4 is 39.1 Å². The number of nitrogens with two attached hydrogens (primary N) is 1. The molecule has 0 bridgehead atoms. The van der Waals surface area contributed by atoms with Crippen LogP contribution in [0, 0.1) is 20.8 Å². The molecule has 0 spiro atoms. The first-order valence-electron chi connectivity index (χ1n) is 12.8. The van der Waals surface area contributed by atoms with Gasteiger partial charge in [0.25, 0.3) is 18.2 Å². The number of nitrogens with one attached hydrogen (secondary N) is 1. The third-order valence-corrected chi connectivity index (χ3v) is 7.77. The van der Waals surface area contributed by atoms with Crippen LogP contribution in [0.4, 0.5) is 14.5 Å². The number of hydrogen-bond donors (Lipinski definition) is 2. The number of nitrogens with zero attached hydrogens (tertiary/aromatic N) is 3. The molecule has 41 heavy (non-hydrogen) atoms. The molecule has 0 aliphatic carbocycles. The normalized spacial score (nSPS) is 11.4. The van der Waals surface area contributed by atoms with E-state index < -0.39 is 23.9 Å². The number of rotatable bonds is 9. The quantitative estimate of drug-likeness (QED) is 0.204. The molecule has 5 rings (SSSR count). The third kappa shape index (κ3) is 5.55. The van der Waals surface area contributed by atoms with Crippen molar-refractivity contribution in [1.82, 2.24) is 14.8 Å². The fourth-order valence-electron chi connectivity index (χ4n) is 4.39. The smallest absolute Gasteiger partial charge is 0.291 e. The number of aromatic nitrogens is 3. The van der Waals surface area contributed by atoms with Gasteiger partial charge in [-0.15, -0.1) is 11.3 Å². The Labute approximate surface area is 237 Å². The van der Waals surface area contributed by atoms with E-state index in [1.54, 1.807) is 23.9 Å². The Morgan fingerprint density at radius 2 is 1.90 bits per heavy atom. The molecule has 1 aromatic carbocycles. The summed E-state index contributed by atoms with van der Waals surface area (Å²) in [5.74, 6) is -0.459. The number of furan rings is 1. The van der Waals surface area contributed by atoms with Crippen molar-refractivity contribution in [2.24, 2.45) is 5.73 Å². The van der Waals surface area contributed by atoms with Crippen LogP contribution in [0.1, 0.15) is 61.9 Å². The second-order valence-electron chi connectivity index (χ2n) is 9.48. The lowest BCUT2D eigenvalue weighted by Gasteiger charge is -2.10. The lowest BCUT2D eigenvalue weighted by molar-refractivity contribution is 0.0992. The zero-order valence-electron chi connectivity index (χ0n) is 22.7. The molecule has 5 aromatic rings. The van der Waals surface area contributed by atoms with E-state index in [-0.39, 0.29) is 27.8 Å². The number of carbonyl (C=O) groups excluding carboxylic acids is 2. The summed E-state index contributed by atoms with van der Waals surface area (Å²) < 4.78 is 40.8. The summed E-state index contributed by atoms with van der Waals surface area (Å²) in [6, 6.07) is 10.1. The van der Waals surface area contributed by atoms with Crippen molar-refractivity contribution in [3.63, 3.8) is 0 Å². The molecule has 4 aromatic heterocycles. The SMILES string of the molecule is CCn1cc(-c2cc(C(F)F)nc3sc(C(N)=O)c(NC(=O)c4ccc(COc5ccc(C)c(C)c5)o4)c23)c(C)n1. The van der Waals surface area contributed by atoms with Gasteiger partial charge in [0.1, 0.15) is 33.5 Å². The number of aryl methyl sites for hydroxylation is 4. The van der Waals surface area contributed by atoms with Gasteiger partial charge in [-0.3, -0.25) is 14.3 Å². The Kier molecular flexibility index (Phi) is 7.59. The second-order valence-corrected chi connectivity index (χ2v) is 10.5. The largest absolute Gasteiger partial charge is 0.486 e. The maximum Gasteiger partial charge on any atom is 0.291 e. The molecule has 0 atom stereocenters. The summed E-state index contributed by atoms with van der Waals surface area (Å²) >= 11 is 0.830. The molecular weight excluding hydrogens is 552 g/mol. The summed E-state index contributed by atoms with van der Waals surface area (Å²) in [5, 5.41) is 7.45. The van der Waals surface area contributed by atoms with E-state index in [1.807, 2.05) is 39.0 Å². The van der Waals surface area contributed by atoms with Gasteiger partial charge in [-0.05, 0) is 74.7 Å². The molecule has 212 valence electrons. The Bertz CT molecular complexity index is 1790. The van der Waals surface area contributed by atoms with Crippen LogP contribution in [-0.2, 0) is 13.2 Å². The van der Waals surface area contributed by atoms with Crippen LogP contribution >= 0.6 is 11.3 Å². The van der Waals surface area contributed by atoms with Crippen LogP contribution in [0.15, 0.2) is 47.0 Å². The van der Waals surface area contributed by atoms with Crippen LogP contribution in [0.2, 0.25) is 0 Å². The number of thiophene rings is 1. The number of pyridine rings is 1. The van der Waals surface area contributed by atoms with Crippen LogP contribution < -0.4 is 15.8 Å². The van der Waals surface area contributed by atoms with Crippen LogP contribution in [0.5, 0.6) is 5.75 Å². The van der Waals surface area contributed by atoms with Gasteiger partial charge in [0, 0.05) is 23.7 Å². The zero-order chi connectivity index (χ0) is 29.4. The van der Waals surface area contributed by atoms with Gasteiger partial charge in [-0.2, -0.15) is 5.10 Å². The molecule has 12 heteroatoms. The van der Waals surface area contributed by atoms with Gasteiger partial charge in [-0.25, -0.2) is 13.8 Å². The number of alkyl halides is 2. The van der Waals surface area contributed by atoms with Crippen molar-refractivity contribution in [1.29, 1.82) is 0 Å². The summed E-state index contributed by atoms with van der Waals surface area (Å²) in [5.41, 5.74) is 8.97. The highest BCUT2D eigenvalue weighted by Gasteiger charge is 2.27. The fourth-order valence-corrected chi connectivity index (χ4v) is 5.40. The minimum Gasteiger partial charge on any atom is -0.486 e. The Balaban J connectivity index is 1.50. The first-order chi connectivity index (χ1) is 19.5. The van der Waals surface area contributed by atoms with E-state index in [1.165, 1.54) is 12.1 Å². The molecule has 0 saturated carbocycles. The summed E-state index contributed by atoms with van der Waals surface area (Å²) in [4.78, 5) is 29.9. The highest BCUT2D eigenvalue weighted by Crippen LogP contribution is 2.43. The van der Waals surface area contributed by atoms with E-state index in [0.29, 0.717) is 40.3 Å². The lowest BCUT2D eigenvalue weighted by Crippen LogP contribution is -2.16. The Morgan fingerprint density at radius 1 is 1.12 bits per heavy atom. The zero-order valence-corrected chi connectivity index (χ0v) is 23.6. The van der Waals surface area contributed by atoms with Crippen molar-refractivity contribution in [3.8, 4) is 16.9 Å². The van der Waals surface area contributed by atoms with Crippen molar-refractivity contribution in [2.75, 3.05) is 5.32 Å². The number of ether oxygens (including phenoxy) is 1. The van der Waals surface area contributed by atoms with Gasteiger partial charge in [0.05, 0.1) is 11.4 Å². The second kappa shape index (κ2) is 11.1. The predicted molar refractivity (Wildman–Crippen MR) is 152 cm³/mol. The maximum atomic E-state index is 13.8. The monoisotopic (exact) mass is 579 g/mol. The van der Waals surface area contributed by atoms with E-state index in [2.05, 4.69) is 15.4 Å². The third-order valence-electron chi connectivity index (χ3n) is 6.67. The lowest BCUT2D eigenvalue weighted by atomic mass is 10.0. The van der Waals surface area contributed by atoms with E-state index in [9.17, 15) is 18.4 Å². The van der Waals surface area contributed by atoms with Crippen molar-refractivity contribution < 1.29 is 27.5 Å². The summed E-state index contributed by atoms with van der Waals surface area (Å²) in [6.07, 6.45) is -1.13. The average molecular weight is 580 g/mol. The Morgan fingerprint density at radius 3 is 2.56 bits per heavy atom. The van der Waals surface area contributed by atoms with Crippen molar-refractivity contribution in [2.45, 2.75) is 47.3 Å². The average Bonchev–Trinajstić information content (AvgIpc) is 3.66. The van der Waals surface area contributed by atoms with Crippen LogP contribution in [0.3, 0.4) is 0 Å². The Hall–Kier alpha value is -4.58. The van der Waals surface area contributed by atoms with Gasteiger partial charge < -0.3 is 20.2 Å². The number of hydrogen-bond acceptors (Lipinski definition) is 7. The minimum absolute atomic E-state index is 0.0288. The number of benzene rings is 1. The fraction of sp³-hybridized carbons (Fsp3) is 0.241. The standard InChI is InChI=1S/C29H27F2N5O4S/c1-5-36-12-20(16(4)35-36)19-11-21(26(30)31)33-29-23(19)24(25(41-29)27(32)37)34-28(38)22-9-8-18(40-22)13-39-17-7-6-14(2)15(3)10-17/h6-12,26H,5,13H2,1-4H3,(H2,32,37)(H,34,38). The van der Waals surface area contributed by atoms with Gasteiger partial charge in [0.15, 0.2) is 5.76 Å². The van der Waals surface area contributed by atoms with Crippen LogP contribution in [-0.4, -0.2) is 26.6 Å². The molecule has 0 aliphatic rings. The van der Waals surface area contributed by atoms with Gasteiger partial charge in [0.2, 0.25) is 0 Å². The first kappa shape index (κ1) is 28.0. The van der Waals surface area contributed by atoms with E-state index in [4.69, 9.17) is 14.9 Å². The molecule has 0 fully saturated rings. The first-order valence-corrected chi connectivity index (χ1v) is 13.6.